The molecular formula is C20H13N7O2. The molecule has 0 radical (unpaired) electrons. The molecule has 0 aliphatic carbocycles. The van der Waals surface area contributed by atoms with Gasteiger partial charge in [0.25, 0.3) is 5.78 Å². The highest BCUT2D eigenvalue weighted by Gasteiger charge is 2.18. The van der Waals surface area contributed by atoms with Gasteiger partial charge in [0.2, 0.25) is 5.88 Å². The van der Waals surface area contributed by atoms with E-state index in [1.54, 1.807) is 27.9 Å². The first-order valence-corrected chi connectivity index (χ1v) is 8.96. The van der Waals surface area contributed by atoms with E-state index in [0.717, 1.165) is 22.0 Å². The molecule has 0 aliphatic heterocycles. The summed E-state index contributed by atoms with van der Waals surface area (Å²) < 4.78 is 14.9. The van der Waals surface area contributed by atoms with Gasteiger partial charge in [0, 0.05) is 6.20 Å². The van der Waals surface area contributed by atoms with Crippen molar-refractivity contribution in [1.82, 2.24) is 34.3 Å². The van der Waals surface area contributed by atoms with Crippen LogP contribution < -0.4 is 4.74 Å². The van der Waals surface area contributed by atoms with Crippen LogP contribution in [0.4, 0.5) is 0 Å². The van der Waals surface area contributed by atoms with Gasteiger partial charge >= 0.3 is 0 Å². The minimum absolute atomic E-state index is 0.417. The molecular weight excluding hydrogens is 370 g/mol. The van der Waals surface area contributed by atoms with E-state index in [9.17, 15) is 0 Å². The van der Waals surface area contributed by atoms with E-state index in [1.165, 1.54) is 6.33 Å². The summed E-state index contributed by atoms with van der Waals surface area (Å²) >= 11 is 0. The van der Waals surface area contributed by atoms with Crippen LogP contribution in [0.25, 0.3) is 27.7 Å². The second-order valence-electron chi connectivity index (χ2n) is 6.44. The lowest BCUT2D eigenvalue weighted by Gasteiger charge is -2.09. The van der Waals surface area contributed by atoms with E-state index >= 15 is 0 Å². The lowest BCUT2D eigenvalue weighted by Crippen LogP contribution is -2.03. The van der Waals surface area contributed by atoms with Gasteiger partial charge in [-0.15, -0.1) is 0 Å². The van der Waals surface area contributed by atoms with Crippen molar-refractivity contribution < 1.29 is 9.15 Å². The van der Waals surface area contributed by atoms with Crippen molar-refractivity contribution >= 4 is 27.7 Å². The lowest BCUT2D eigenvalue weighted by molar-refractivity contribution is 0.469. The zero-order valence-electron chi connectivity index (χ0n) is 15.0. The molecule has 9 heteroatoms. The Morgan fingerprint density at radius 3 is 2.72 bits per heavy atom. The number of aromatic nitrogens is 7. The molecule has 140 valence electrons. The van der Waals surface area contributed by atoms with Crippen molar-refractivity contribution in [2.45, 2.75) is 6.54 Å². The molecule has 0 amide bonds. The van der Waals surface area contributed by atoms with Crippen LogP contribution in [0.5, 0.6) is 11.6 Å². The van der Waals surface area contributed by atoms with Crippen LogP contribution in [-0.2, 0) is 6.54 Å². The van der Waals surface area contributed by atoms with Crippen LogP contribution in [0.1, 0.15) is 5.76 Å². The van der Waals surface area contributed by atoms with Gasteiger partial charge < -0.3 is 9.15 Å². The minimum Gasteiger partial charge on any atom is -0.467 e. The Balaban J connectivity index is 1.58. The van der Waals surface area contributed by atoms with Crippen molar-refractivity contribution in [3.8, 4) is 11.6 Å². The summed E-state index contributed by atoms with van der Waals surface area (Å²) in [6.45, 7) is 0.480. The average Bonchev–Trinajstić information content (AvgIpc) is 3.50. The Labute approximate surface area is 163 Å². The second-order valence-corrected chi connectivity index (χ2v) is 6.44. The van der Waals surface area contributed by atoms with Crippen molar-refractivity contribution in [2.24, 2.45) is 0 Å². The number of nitrogens with zero attached hydrogens (tertiary/aromatic N) is 7. The van der Waals surface area contributed by atoms with Crippen LogP contribution in [0, 0.1) is 0 Å². The number of furan rings is 1. The van der Waals surface area contributed by atoms with Gasteiger partial charge in [-0.3, -0.25) is 0 Å². The summed E-state index contributed by atoms with van der Waals surface area (Å²) in [4.78, 5) is 13.4. The topological polar surface area (TPSA) is 96.2 Å². The largest absolute Gasteiger partial charge is 0.467 e. The maximum atomic E-state index is 6.04. The summed E-state index contributed by atoms with van der Waals surface area (Å²) in [6.07, 6.45) is 6.60. The van der Waals surface area contributed by atoms with Crippen LogP contribution in [0.15, 0.2) is 71.9 Å². The highest BCUT2D eigenvalue weighted by molar-refractivity contribution is 6.04. The van der Waals surface area contributed by atoms with Crippen molar-refractivity contribution in [3.63, 3.8) is 0 Å². The van der Waals surface area contributed by atoms with Crippen molar-refractivity contribution in [3.05, 3.63) is 73.2 Å². The Morgan fingerprint density at radius 1 is 0.931 bits per heavy atom. The van der Waals surface area contributed by atoms with Gasteiger partial charge in [-0.1, -0.05) is 18.2 Å². The number of hydrogen-bond acceptors (Lipinski definition) is 7. The van der Waals surface area contributed by atoms with Gasteiger partial charge in [0.05, 0.1) is 28.7 Å². The molecule has 0 N–H and O–H groups in total. The summed E-state index contributed by atoms with van der Waals surface area (Å²) in [5.74, 6) is 2.33. The number of para-hydroxylation sites is 1. The van der Waals surface area contributed by atoms with Gasteiger partial charge in [-0.2, -0.15) is 24.7 Å². The fourth-order valence-corrected chi connectivity index (χ4v) is 3.36. The summed E-state index contributed by atoms with van der Waals surface area (Å²) in [5.41, 5.74) is 1.50. The monoisotopic (exact) mass is 383 g/mol. The molecule has 0 bridgehead atoms. The van der Waals surface area contributed by atoms with Crippen LogP contribution in [-0.4, -0.2) is 34.3 Å². The lowest BCUT2D eigenvalue weighted by atomic mass is 10.2. The zero-order valence-corrected chi connectivity index (χ0v) is 15.0. The first-order valence-electron chi connectivity index (χ1n) is 8.96. The number of fused-ring (bicyclic) bond motifs is 5. The van der Waals surface area contributed by atoms with Crippen molar-refractivity contribution in [2.75, 3.05) is 0 Å². The molecule has 0 saturated heterocycles. The highest BCUT2D eigenvalue weighted by atomic mass is 16.5. The van der Waals surface area contributed by atoms with E-state index in [0.29, 0.717) is 29.6 Å². The highest BCUT2D eigenvalue weighted by Crippen LogP contribution is 2.32. The predicted molar refractivity (Wildman–Crippen MR) is 104 cm³/mol. The maximum absolute atomic E-state index is 6.04. The number of hydrogen-bond donors (Lipinski definition) is 0. The first-order chi connectivity index (χ1) is 14.4. The third-order valence-corrected chi connectivity index (χ3v) is 4.65. The summed E-state index contributed by atoms with van der Waals surface area (Å²) in [5, 5.41) is 10.4. The first kappa shape index (κ1) is 15.8. The van der Waals surface area contributed by atoms with Gasteiger partial charge in [0.15, 0.2) is 5.65 Å². The number of pyridine rings is 1. The molecule has 0 fully saturated rings. The molecule has 0 aliphatic rings. The molecule has 0 saturated carbocycles. The second kappa shape index (κ2) is 6.13. The van der Waals surface area contributed by atoms with Crippen LogP contribution in [0.2, 0.25) is 0 Å². The Kier molecular flexibility index (Phi) is 3.33. The van der Waals surface area contributed by atoms with Crippen molar-refractivity contribution in [1.29, 1.82) is 0 Å². The molecule has 6 rings (SSSR count). The molecule has 0 unspecified atom stereocenters. The van der Waals surface area contributed by atoms with E-state index < -0.39 is 0 Å². The van der Waals surface area contributed by atoms with E-state index in [-0.39, 0.29) is 0 Å². The standard InChI is InChI=1S/C20H13N7O2/c1-2-5-13(6-3-1)29-19-16-9-21-18-15(17(16)27-20(25-19)22-12-24-27)10-23-26(18)11-14-7-4-8-28-14/h1-10,12H,11H2. The molecule has 0 atom stereocenters. The third kappa shape index (κ3) is 2.52. The van der Waals surface area contributed by atoms with Crippen LogP contribution in [0.3, 0.4) is 0 Å². The molecule has 1 aromatic carbocycles. The molecule has 29 heavy (non-hydrogen) atoms. The smallest absolute Gasteiger partial charge is 0.256 e. The average molecular weight is 383 g/mol. The number of ether oxygens (including phenoxy) is 1. The SMILES string of the molecule is c1ccc(Oc2nc3ncnn3c3c2cnc2c3cnn2Cc2ccco2)cc1. The molecule has 5 aromatic heterocycles. The van der Waals surface area contributed by atoms with E-state index in [4.69, 9.17) is 9.15 Å². The van der Waals surface area contributed by atoms with Gasteiger partial charge in [0.1, 0.15) is 24.4 Å². The van der Waals surface area contributed by atoms with E-state index in [2.05, 4.69) is 25.1 Å². The van der Waals surface area contributed by atoms with Gasteiger partial charge in [-0.25, -0.2) is 9.67 Å². The Hall–Kier alpha value is -4.27. The predicted octanol–water partition coefficient (Wildman–Crippen LogP) is 3.46. The minimum atomic E-state index is 0.417. The number of benzene rings is 1. The quantitative estimate of drug-likeness (QED) is 0.460. The van der Waals surface area contributed by atoms with Gasteiger partial charge in [-0.05, 0) is 24.3 Å². The fraction of sp³-hybridized carbons (Fsp3) is 0.0500. The Bertz CT molecular complexity index is 1450. The third-order valence-electron chi connectivity index (χ3n) is 4.65. The Morgan fingerprint density at radius 2 is 1.86 bits per heavy atom. The summed E-state index contributed by atoms with van der Waals surface area (Å²) in [7, 11) is 0. The van der Waals surface area contributed by atoms with E-state index in [1.807, 2.05) is 42.5 Å². The normalized spacial score (nSPS) is 11.6. The molecule has 6 aromatic rings. The fourth-order valence-electron chi connectivity index (χ4n) is 3.36. The maximum Gasteiger partial charge on any atom is 0.256 e. The summed E-state index contributed by atoms with van der Waals surface area (Å²) in [6, 6.07) is 13.2. The molecule has 9 nitrogen and oxygen atoms in total. The zero-order chi connectivity index (χ0) is 19.2. The van der Waals surface area contributed by atoms with Crippen LogP contribution >= 0.6 is 0 Å². The molecule has 0 spiro atoms. The molecule has 5 heterocycles. The number of rotatable bonds is 4.